The zero-order valence-electron chi connectivity index (χ0n) is 9.18. The highest BCUT2D eigenvalue weighted by Crippen LogP contribution is 2.17. The second-order valence-corrected chi connectivity index (χ2v) is 4.25. The van der Waals surface area contributed by atoms with Gasteiger partial charge in [0.25, 0.3) is 0 Å². The Balaban J connectivity index is 3.83. The molecule has 0 radical (unpaired) electrons. The van der Waals surface area contributed by atoms with Crippen LogP contribution in [0.25, 0.3) is 0 Å². The summed E-state index contributed by atoms with van der Waals surface area (Å²) in [7, 11) is 0. The van der Waals surface area contributed by atoms with Gasteiger partial charge in [0.2, 0.25) is 5.91 Å². The van der Waals surface area contributed by atoms with Gasteiger partial charge in [0.15, 0.2) is 0 Å². The van der Waals surface area contributed by atoms with Crippen LogP contribution in [0.5, 0.6) is 0 Å². The molecule has 1 atom stereocenters. The van der Waals surface area contributed by atoms with Gasteiger partial charge in [-0.15, -0.1) is 0 Å². The first-order valence-corrected chi connectivity index (χ1v) is 4.96. The molecule has 0 aromatic rings. The maximum absolute atomic E-state index is 11.3. The monoisotopic (exact) mass is 186 g/mol. The lowest BCUT2D eigenvalue weighted by molar-refractivity contribution is -0.122. The van der Waals surface area contributed by atoms with Crippen molar-refractivity contribution < 1.29 is 4.79 Å². The summed E-state index contributed by atoms with van der Waals surface area (Å²) in [5.41, 5.74) is 5.75. The molecule has 0 heterocycles. The van der Waals surface area contributed by atoms with Gasteiger partial charge in [-0.2, -0.15) is 0 Å². The van der Waals surface area contributed by atoms with Gasteiger partial charge in [0.05, 0.1) is 6.04 Å². The first kappa shape index (κ1) is 12.4. The SMILES string of the molecule is CCC(N)C(=O)NCC(C)(C)CC. The van der Waals surface area contributed by atoms with Crippen LogP contribution in [0.1, 0.15) is 40.5 Å². The molecule has 1 amide bonds. The van der Waals surface area contributed by atoms with Crippen molar-refractivity contribution in [1.29, 1.82) is 0 Å². The Labute approximate surface area is 81.1 Å². The second kappa shape index (κ2) is 5.22. The zero-order chi connectivity index (χ0) is 10.5. The van der Waals surface area contributed by atoms with Crippen molar-refractivity contribution in [3.05, 3.63) is 0 Å². The molecule has 0 spiro atoms. The molecule has 3 N–H and O–H groups in total. The van der Waals surface area contributed by atoms with E-state index >= 15 is 0 Å². The van der Waals surface area contributed by atoms with Crippen molar-refractivity contribution in [1.82, 2.24) is 5.32 Å². The summed E-state index contributed by atoms with van der Waals surface area (Å²) in [6, 6.07) is -0.354. The van der Waals surface area contributed by atoms with Gasteiger partial charge < -0.3 is 11.1 Å². The summed E-state index contributed by atoms with van der Waals surface area (Å²) in [4.78, 5) is 11.3. The maximum atomic E-state index is 11.3. The van der Waals surface area contributed by atoms with Crippen molar-refractivity contribution in [3.63, 3.8) is 0 Å². The van der Waals surface area contributed by atoms with Gasteiger partial charge in [-0.3, -0.25) is 4.79 Å². The average Bonchev–Trinajstić information content (AvgIpc) is 2.13. The first-order valence-electron chi connectivity index (χ1n) is 4.96. The smallest absolute Gasteiger partial charge is 0.236 e. The third kappa shape index (κ3) is 4.88. The number of carbonyl (C=O) groups is 1. The fraction of sp³-hybridized carbons (Fsp3) is 0.900. The fourth-order valence-electron chi connectivity index (χ4n) is 0.768. The highest BCUT2D eigenvalue weighted by molar-refractivity contribution is 5.81. The Morgan fingerprint density at radius 3 is 2.38 bits per heavy atom. The molecule has 0 saturated carbocycles. The van der Waals surface area contributed by atoms with E-state index in [0.717, 1.165) is 6.42 Å². The third-order valence-electron chi connectivity index (χ3n) is 2.47. The van der Waals surface area contributed by atoms with Crippen molar-refractivity contribution in [2.24, 2.45) is 11.1 Å². The van der Waals surface area contributed by atoms with Crippen molar-refractivity contribution in [2.75, 3.05) is 6.54 Å². The summed E-state index contributed by atoms with van der Waals surface area (Å²) in [6.07, 6.45) is 1.74. The summed E-state index contributed by atoms with van der Waals surface area (Å²) >= 11 is 0. The van der Waals surface area contributed by atoms with Crippen LogP contribution in [-0.2, 0) is 4.79 Å². The van der Waals surface area contributed by atoms with E-state index in [-0.39, 0.29) is 17.4 Å². The summed E-state index contributed by atoms with van der Waals surface area (Å²) in [5, 5.41) is 2.86. The lowest BCUT2D eigenvalue weighted by Crippen LogP contribution is -2.43. The van der Waals surface area contributed by atoms with Gasteiger partial charge >= 0.3 is 0 Å². The molecule has 3 nitrogen and oxygen atoms in total. The topological polar surface area (TPSA) is 55.1 Å². The molecule has 0 aromatic carbocycles. The molecule has 0 aliphatic heterocycles. The van der Waals surface area contributed by atoms with E-state index in [1.54, 1.807) is 0 Å². The lowest BCUT2D eigenvalue weighted by atomic mass is 9.90. The predicted molar refractivity (Wildman–Crippen MR) is 55.3 cm³/mol. The Morgan fingerprint density at radius 2 is 2.00 bits per heavy atom. The number of rotatable bonds is 5. The van der Waals surface area contributed by atoms with E-state index in [1.807, 2.05) is 6.92 Å². The molecule has 0 aliphatic rings. The van der Waals surface area contributed by atoms with Crippen LogP contribution in [-0.4, -0.2) is 18.5 Å². The molecule has 0 fully saturated rings. The van der Waals surface area contributed by atoms with E-state index in [0.29, 0.717) is 13.0 Å². The van der Waals surface area contributed by atoms with E-state index in [2.05, 4.69) is 26.1 Å². The molecule has 0 saturated heterocycles. The van der Waals surface area contributed by atoms with Crippen molar-refractivity contribution in [2.45, 2.75) is 46.6 Å². The normalized spacial score (nSPS) is 13.9. The number of carbonyl (C=O) groups excluding carboxylic acids is 1. The zero-order valence-corrected chi connectivity index (χ0v) is 9.18. The summed E-state index contributed by atoms with van der Waals surface area (Å²) in [5.74, 6) is -0.0379. The van der Waals surface area contributed by atoms with Crippen molar-refractivity contribution in [3.8, 4) is 0 Å². The summed E-state index contributed by atoms with van der Waals surface area (Å²) in [6.45, 7) is 8.99. The minimum absolute atomic E-state index is 0.0379. The van der Waals surface area contributed by atoms with Crippen LogP contribution < -0.4 is 11.1 Å². The molecular weight excluding hydrogens is 164 g/mol. The number of amides is 1. The molecule has 0 aliphatic carbocycles. The summed E-state index contributed by atoms with van der Waals surface area (Å²) < 4.78 is 0. The highest BCUT2D eigenvalue weighted by atomic mass is 16.2. The van der Waals surface area contributed by atoms with Crippen LogP contribution >= 0.6 is 0 Å². The fourth-order valence-corrected chi connectivity index (χ4v) is 0.768. The molecule has 3 heteroatoms. The Morgan fingerprint density at radius 1 is 1.46 bits per heavy atom. The number of hydrogen-bond donors (Lipinski definition) is 2. The van der Waals surface area contributed by atoms with Gasteiger partial charge in [0.1, 0.15) is 0 Å². The predicted octanol–water partition coefficient (Wildman–Crippen LogP) is 1.28. The maximum Gasteiger partial charge on any atom is 0.236 e. The Hall–Kier alpha value is -0.570. The molecule has 0 bridgehead atoms. The quantitative estimate of drug-likeness (QED) is 0.679. The van der Waals surface area contributed by atoms with Gasteiger partial charge in [-0.05, 0) is 18.3 Å². The standard InChI is InChI=1S/C10H22N2O/c1-5-8(11)9(13)12-7-10(3,4)6-2/h8H,5-7,11H2,1-4H3,(H,12,13). The molecular formula is C10H22N2O. The second-order valence-electron chi connectivity index (χ2n) is 4.25. The van der Waals surface area contributed by atoms with E-state index < -0.39 is 0 Å². The Bertz CT molecular complexity index is 166. The van der Waals surface area contributed by atoms with Crippen LogP contribution in [0.2, 0.25) is 0 Å². The first-order chi connectivity index (χ1) is 5.93. The molecule has 1 unspecified atom stereocenters. The van der Waals surface area contributed by atoms with Gasteiger partial charge in [0, 0.05) is 6.54 Å². The number of nitrogens with one attached hydrogen (secondary N) is 1. The van der Waals surface area contributed by atoms with E-state index in [9.17, 15) is 4.79 Å². The lowest BCUT2D eigenvalue weighted by Gasteiger charge is -2.23. The largest absolute Gasteiger partial charge is 0.354 e. The van der Waals surface area contributed by atoms with Gasteiger partial charge in [-0.1, -0.05) is 27.7 Å². The van der Waals surface area contributed by atoms with Crippen molar-refractivity contribution >= 4 is 5.91 Å². The van der Waals surface area contributed by atoms with Crippen LogP contribution in [0, 0.1) is 5.41 Å². The van der Waals surface area contributed by atoms with Crippen LogP contribution in [0.15, 0.2) is 0 Å². The third-order valence-corrected chi connectivity index (χ3v) is 2.47. The average molecular weight is 186 g/mol. The molecule has 0 aromatic heterocycles. The highest BCUT2D eigenvalue weighted by Gasteiger charge is 2.18. The van der Waals surface area contributed by atoms with Crippen LogP contribution in [0.4, 0.5) is 0 Å². The Kier molecular flexibility index (Phi) is 4.99. The molecule has 0 rings (SSSR count). The number of hydrogen-bond acceptors (Lipinski definition) is 2. The van der Waals surface area contributed by atoms with Gasteiger partial charge in [-0.25, -0.2) is 0 Å². The van der Waals surface area contributed by atoms with E-state index in [4.69, 9.17) is 5.73 Å². The van der Waals surface area contributed by atoms with Crippen LogP contribution in [0.3, 0.4) is 0 Å². The minimum atomic E-state index is -0.354. The minimum Gasteiger partial charge on any atom is -0.354 e. The molecule has 13 heavy (non-hydrogen) atoms. The molecule has 78 valence electrons. The number of nitrogens with two attached hydrogens (primary N) is 1. The van der Waals surface area contributed by atoms with E-state index in [1.165, 1.54) is 0 Å².